The maximum atomic E-state index is 13.4. The van der Waals surface area contributed by atoms with Gasteiger partial charge in [-0.15, -0.1) is 5.10 Å². The molecule has 0 amide bonds. The van der Waals surface area contributed by atoms with Gasteiger partial charge in [-0.3, -0.25) is 0 Å². The van der Waals surface area contributed by atoms with Crippen LogP contribution in [-0.4, -0.2) is 25.4 Å². The maximum Gasteiger partial charge on any atom is 0.181 e. The fraction of sp³-hybridized carbons (Fsp3) is 0.0588. The Bertz CT molecular complexity index is 1050. The summed E-state index contributed by atoms with van der Waals surface area (Å²) in [6.45, 7) is 0.203. The van der Waals surface area contributed by atoms with Crippen LogP contribution in [0.1, 0.15) is 5.69 Å². The van der Waals surface area contributed by atoms with E-state index in [1.54, 1.807) is 18.2 Å². The number of pyridine rings is 2. The molecular formula is C17H13FN6O. The van der Waals surface area contributed by atoms with Crippen LogP contribution in [0.15, 0.2) is 48.5 Å². The minimum absolute atomic E-state index is 0.203. The summed E-state index contributed by atoms with van der Waals surface area (Å²) in [5.41, 5.74) is 8.76. The quantitative estimate of drug-likeness (QED) is 0.594. The molecule has 124 valence electrons. The normalized spacial score (nSPS) is 10.9. The van der Waals surface area contributed by atoms with Crippen molar-refractivity contribution in [1.82, 2.24) is 25.4 Å². The number of H-pyrrole nitrogens is 1. The Kier molecular flexibility index (Phi) is 3.70. The fourth-order valence-corrected chi connectivity index (χ4v) is 2.46. The molecule has 3 heterocycles. The summed E-state index contributed by atoms with van der Waals surface area (Å²) in [6.07, 6.45) is 0. The summed E-state index contributed by atoms with van der Waals surface area (Å²) in [6, 6.07) is 13.4. The molecule has 0 bridgehead atoms. The van der Waals surface area contributed by atoms with Crippen LogP contribution in [0, 0.1) is 5.82 Å². The van der Waals surface area contributed by atoms with Crippen molar-refractivity contribution in [2.24, 2.45) is 0 Å². The van der Waals surface area contributed by atoms with Gasteiger partial charge in [-0.2, -0.15) is 0 Å². The molecule has 0 aliphatic rings. The van der Waals surface area contributed by atoms with Crippen molar-refractivity contribution in [3.63, 3.8) is 0 Å². The van der Waals surface area contributed by atoms with Crippen LogP contribution in [0.25, 0.3) is 22.4 Å². The van der Waals surface area contributed by atoms with E-state index in [1.807, 2.05) is 18.2 Å². The Labute approximate surface area is 141 Å². The third-order valence-electron chi connectivity index (χ3n) is 3.59. The predicted octanol–water partition coefficient (Wildman–Crippen LogP) is 2.72. The van der Waals surface area contributed by atoms with E-state index in [0.29, 0.717) is 39.7 Å². The van der Waals surface area contributed by atoms with E-state index < -0.39 is 0 Å². The number of rotatable bonds is 4. The van der Waals surface area contributed by atoms with E-state index in [0.717, 1.165) is 0 Å². The van der Waals surface area contributed by atoms with E-state index in [1.165, 1.54) is 12.1 Å². The highest BCUT2D eigenvalue weighted by molar-refractivity contribution is 5.78. The summed E-state index contributed by atoms with van der Waals surface area (Å²) in [4.78, 5) is 8.59. The van der Waals surface area contributed by atoms with Crippen LogP contribution in [0.3, 0.4) is 0 Å². The van der Waals surface area contributed by atoms with Crippen molar-refractivity contribution in [3.8, 4) is 17.0 Å². The second kappa shape index (κ2) is 6.16. The van der Waals surface area contributed by atoms with Gasteiger partial charge in [0.2, 0.25) is 0 Å². The van der Waals surface area contributed by atoms with Crippen molar-refractivity contribution in [2.75, 3.05) is 5.73 Å². The first-order chi connectivity index (χ1) is 12.2. The average Bonchev–Trinajstić information content (AvgIpc) is 3.08. The molecule has 0 saturated heterocycles. The van der Waals surface area contributed by atoms with Crippen LogP contribution in [0.5, 0.6) is 5.75 Å². The number of nitrogens with two attached hydrogens (primary N) is 1. The third-order valence-corrected chi connectivity index (χ3v) is 3.59. The van der Waals surface area contributed by atoms with Gasteiger partial charge in [-0.1, -0.05) is 23.4 Å². The molecule has 0 fully saturated rings. The number of nitrogens with zero attached hydrogens (tertiary/aromatic N) is 4. The van der Waals surface area contributed by atoms with Crippen LogP contribution in [-0.2, 0) is 6.61 Å². The topological polar surface area (TPSA) is 103 Å². The summed E-state index contributed by atoms with van der Waals surface area (Å²) in [5.74, 6) is 0.464. The molecule has 0 saturated carbocycles. The monoisotopic (exact) mass is 336 g/mol. The van der Waals surface area contributed by atoms with Gasteiger partial charge in [-0.25, -0.2) is 19.5 Å². The second-order valence-electron chi connectivity index (χ2n) is 5.37. The number of anilines is 1. The lowest BCUT2D eigenvalue weighted by molar-refractivity contribution is 0.304. The molecule has 0 spiro atoms. The van der Waals surface area contributed by atoms with Crippen molar-refractivity contribution in [3.05, 3.63) is 60.0 Å². The molecule has 3 N–H and O–H groups in total. The van der Waals surface area contributed by atoms with Crippen LogP contribution < -0.4 is 10.5 Å². The fourth-order valence-electron chi connectivity index (χ4n) is 2.46. The first-order valence-electron chi connectivity index (χ1n) is 7.51. The Morgan fingerprint density at radius 3 is 2.84 bits per heavy atom. The van der Waals surface area contributed by atoms with E-state index in [2.05, 4.69) is 25.4 Å². The lowest BCUT2D eigenvalue weighted by Gasteiger charge is -2.08. The van der Waals surface area contributed by atoms with Gasteiger partial charge in [-0.05, 0) is 24.3 Å². The van der Waals surface area contributed by atoms with Crippen molar-refractivity contribution in [1.29, 1.82) is 0 Å². The number of halogens is 1. The zero-order chi connectivity index (χ0) is 17.2. The number of aromatic amines is 1. The van der Waals surface area contributed by atoms with E-state index >= 15 is 0 Å². The molecule has 7 nitrogen and oxygen atoms in total. The predicted molar refractivity (Wildman–Crippen MR) is 90.1 cm³/mol. The van der Waals surface area contributed by atoms with Gasteiger partial charge in [0.05, 0.1) is 11.4 Å². The summed E-state index contributed by atoms with van der Waals surface area (Å²) in [7, 11) is 0. The standard InChI is InChI=1S/C17H13FN6O/c18-11-4-1-3-10(7-11)13-6-2-5-12(20-13)9-25-14-8-15(19)21-17-16(14)22-24-23-17/h1-8H,9H2,(H3,19,21,22,23,24). The largest absolute Gasteiger partial charge is 0.485 e. The Morgan fingerprint density at radius 1 is 1.08 bits per heavy atom. The summed E-state index contributed by atoms with van der Waals surface area (Å²) in [5, 5.41) is 10.3. The number of fused-ring (bicyclic) bond motifs is 1. The number of hydrogen-bond acceptors (Lipinski definition) is 6. The molecule has 1 aromatic carbocycles. The average molecular weight is 336 g/mol. The summed E-state index contributed by atoms with van der Waals surface area (Å²) >= 11 is 0. The third kappa shape index (κ3) is 3.09. The summed E-state index contributed by atoms with van der Waals surface area (Å²) < 4.78 is 19.2. The highest BCUT2D eigenvalue weighted by Gasteiger charge is 2.10. The molecule has 0 unspecified atom stereocenters. The van der Waals surface area contributed by atoms with E-state index in [4.69, 9.17) is 10.5 Å². The van der Waals surface area contributed by atoms with Crippen molar-refractivity contribution in [2.45, 2.75) is 6.61 Å². The number of hydrogen-bond donors (Lipinski definition) is 2. The highest BCUT2D eigenvalue weighted by Crippen LogP contribution is 2.24. The van der Waals surface area contributed by atoms with Gasteiger partial charge >= 0.3 is 0 Å². The smallest absolute Gasteiger partial charge is 0.181 e. The highest BCUT2D eigenvalue weighted by atomic mass is 19.1. The lowest BCUT2D eigenvalue weighted by Crippen LogP contribution is -2.01. The SMILES string of the molecule is Nc1cc(OCc2cccc(-c3cccc(F)c3)n2)c2nn[nH]c2n1. The Balaban J connectivity index is 1.59. The van der Waals surface area contributed by atoms with Gasteiger partial charge in [0.25, 0.3) is 0 Å². The van der Waals surface area contributed by atoms with Crippen LogP contribution >= 0.6 is 0 Å². The lowest BCUT2D eigenvalue weighted by atomic mass is 10.1. The zero-order valence-corrected chi connectivity index (χ0v) is 13.0. The van der Waals surface area contributed by atoms with Gasteiger partial charge in [0.1, 0.15) is 18.2 Å². The number of nitrogen functional groups attached to an aromatic ring is 1. The van der Waals surface area contributed by atoms with Gasteiger partial charge in [0, 0.05) is 11.6 Å². The molecule has 3 aromatic heterocycles. The van der Waals surface area contributed by atoms with Crippen LogP contribution in [0.2, 0.25) is 0 Å². The Morgan fingerprint density at radius 2 is 1.96 bits per heavy atom. The molecule has 8 heteroatoms. The number of nitrogens with one attached hydrogen (secondary N) is 1. The number of benzene rings is 1. The zero-order valence-electron chi connectivity index (χ0n) is 13.0. The molecular weight excluding hydrogens is 323 g/mol. The van der Waals surface area contributed by atoms with Gasteiger partial charge < -0.3 is 10.5 Å². The number of ether oxygens (including phenoxy) is 1. The molecule has 0 aliphatic heterocycles. The minimum atomic E-state index is -0.304. The van der Waals surface area contributed by atoms with E-state index in [9.17, 15) is 4.39 Å². The minimum Gasteiger partial charge on any atom is -0.485 e. The second-order valence-corrected chi connectivity index (χ2v) is 5.37. The first-order valence-corrected chi connectivity index (χ1v) is 7.51. The maximum absolute atomic E-state index is 13.4. The molecule has 0 aliphatic carbocycles. The van der Waals surface area contributed by atoms with Crippen molar-refractivity contribution >= 4 is 17.0 Å². The van der Waals surface area contributed by atoms with Crippen LogP contribution in [0.4, 0.5) is 10.2 Å². The number of aromatic nitrogens is 5. The first kappa shape index (κ1) is 15.0. The molecule has 4 aromatic rings. The van der Waals surface area contributed by atoms with Gasteiger partial charge in [0.15, 0.2) is 16.9 Å². The molecule has 4 rings (SSSR count). The molecule has 0 radical (unpaired) electrons. The van der Waals surface area contributed by atoms with E-state index in [-0.39, 0.29) is 12.4 Å². The molecule has 25 heavy (non-hydrogen) atoms. The van der Waals surface area contributed by atoms with Crippen molar-refractivity contribution < 1.29 is 9.13 Å². The Hall–Kier alpha value is -3.55. The molecule has 0 atom stereocenters.